The smallest absolute Gasteiger partial charge is 0.171 e. The van der Waals surface area contributed by atoms with E-state index in [-0.39, 0.29) is 5.78 Å². The Morgan fingerprint density at radius 3 is 2.93 bits per heavy atom. The van der Waals surface area contributed by atoms with E-state index in [2.05, 4.69) is 4.98 Å². The zero-order chi connectivity index (χ0) is 10.7. The van der Waals surface area contributed by atoms with Gasteiger partial charge in [0.2, 0.25) is 0 Å². The third kappa shape index (κ3) is 2.22. The van der Waals surface area contributed by atoms with Crippen LogP contribution in [-0.2, 0) is 6.42 Å². The van der Waals surface area contributed by atoms with Crippen molar-refractivity contribution >= 4 is 22.9 Å². The Kier molecular flexibility index (Phi) is 2.78. The number of rotatable bonds is 3. The zero-order valence-electron chi connectivity index (χ0n) is 8.01. The molecule has 0 saturated carbocycles. The van der Waals surface area contributed by atoms with Crippen molar-refractivity contribution in [1.82, 2.24) is 4.98 Å². The minimum atomic E-state index is 0.0167. The fraction of sp³-hybridized carbons (Fsp3) is 0.0909. The second kappa shape index (κ2) is 4.23. The number of pyridine rings is 1. The number of anilines is 1. The van der Waals surface area contributed by atoms with Crippen LogP contribution in [-0.4, -0.2) is 10.8 Å². The molecule has 0 bridgehead atoms. The average molecular weight is 218 g/mol. The van der Waals surface area contributed by atoms with Gasteiger partial charge in [-0.05, 0) is 23.6 Å². The first-order chi connectivity index (χ1) is 7.27. The molecule has 0 spiro atoms. The van der Waals surface area contributed by atoms with Crippen LogP contribution in [0, 0.1) is 0 Å². The number of nitrogens with zero attached hydrogens (tertiary/aromatic N) is 1. The first kappa shape index (κ1) is 9.86. The topological polar surface area (TPSA) is 56.0 Å². The molecule has 76 valence electrons. The van der Waals surface area contributed by atoms with Gasteiger partial charge in [-0.15, -0.1) is 11.3 Å². The van der Waals surface area contributed by atoms with Crippen molar-refractivity contribution in [2.75, 3.05) is 5.73 Å². The third-order valence-electron chi connectivity index (χ3n) is 2.05. The van der Waals surface area contributed by atoms with Gasteiger partial charge >= 0.3 is 0 Å². The van der Waals surface area contributed by atoms with Crippen molar-refractivity contribution in [2.24, 2.45) is 0 Å². The maximum atomic E-state index is 11.8. The number of nitrogens with two attached hydrogens (primary N) is 1. The summed E-state index contributed by atoms with van der Waals surface area (Å²) in [6, 6.07) is 7.30. The van der Waals surface area contributed by atoms with E-state index in [1.165, 1.54) is 0 Å². The maximum absolute atomic E-state index is 11.8. The van der Waals surface area contributed by atoms with Crippen molar-refractivity contribution in [3.8, 4) is 0 Å². The molecule has 2 heterocycles. The van der Waals surface area contributed by atoms with E-state index in [9.17, 15) is 4.79 Å². The Hall–Kier alpha value is -1.68. The van der Waals surface area contributed by atoms with Gasteiger partial charge in [0.05, 0.1) is 5.56 Å². The van der Waals surface area contributed by atoms with Gasteiger partial charge < -0.3 is 5.73 Å². The van der Waals surface area contributed by atoms with Gasteiger partial charge in [-0.3, -0.25) is 4.79 Å². The standard InChI is InChI=1S/C11H10N2OS/c12-11-9(4-1-5-13-11)10(14)7-8-3-2-6-15-8/h1-6H,7H2,(H2,12,13). The molecule has 0 fully saturated rings. The van der Waals surface area contributed by atoms with E-state index >= 15 is 0 Å². The second-order valence-corrected chi connectivity index (χ2v) is 4.15. The molecular formula is C11H10N2OS. The monoisotopic (exact) mass is 218 g/mol. The van der Waals surface area contributed by atoms with Crippen molar-refractivity contribution in [1.29, 1.82) is 0 Å². The second-order valence-electron chi connectivity index (χ2n) is 3.12. The van der Waals surface area contributed by atoms with Crippen molar-refractivity contribution in [3.63, 3.8) is 0 Å². The number of carbonyl (C=O) groups is 1. The van der Waals surface area contributed by atoms with Crippen LogP contribution in [0.4, 0.5) is 5.82 Å². The molecule has 4 heteroatoms. The number of hydrogen-bond donors (Lipinski definition) is 1. The lowest BCUT2D eigenvalue weighted by Crippen LogP contribution is -2.07. The number of thiophene rings is 1. The lowest BCUT2D eigenvalue weighted by atomic mass is 10.1. The predicted molar refractivity (Wildman–Crippen MR) is 61.0 cm³/mol. The molecule has 2 aromatic rings. The van der Waals surface area contributed by atoms with Crippen LogP contribution in [0.5, 0.6) is 0 Å². The number of hydrogen-bond acceptors (Lipinski definition) is 4. The summed E-state index contributed by atoms with van der Waals surface area (Å²) in [5, 5.41) is 1.95. The van der Waals surface area contributed by atoms with E-state index in [4.69, 9.17) is 5.73 Å². The van der Waals surface area contributed by atoms with E-state index < -0.39 is 0 Å². The highest BCUT2D eigenvalue weighted by Gasteiger charge is 2.10. The van der Waals surface area contributed by atoms with Gasteiger partial charge in [0.15, 0.2) is 5.78 Å². The summed E-state index contributed by atoms with van der Waals surface area (Å²) in [6.45, 7) is 0. The predicted octanol–water partition coefficient (Wildman–Crippen LogP) is 2.15. The van der Waals surface area contributed by atoms with Gasteiger partial charge in [0, 0.05) is 17.5 Å². The Morgan fingerprint density at radius 1 is 1.40 bits per heavy atom. The molecule has 15 heavy (non-hydrogen) atoms. The summed E-state index contributed by atoms with van der Waals surface area (Å²) >= 11 is 1.57. The van der Waals surface area contributed by atoms with Crippen LogP contribution in [0.25, 0.3) is 0 Å². The average Bonchev–Trinajstić information content (AvgIpc) is 2.71. The van der Waals surface area contributed by atoms with Crippen LogP contribution in [0.1, 0.15) is 15.2 Å². The summed E-state index contributed by atoms with van der Waals surface area (Å²) in [4.78, 5) is 16.8. The van der Waals surface area contributed by atoms with Crippen molar-refractivity contribution in [2.45, 2.75) is 6.42 Å². The minimum absolute atomic E-state index is 0.0167. The van der Waals surface area contributed by atoms with Gasteiger partial charge in [0.25, 0.3) is 0 Å². The Balaban J connectivity index is 2.19. The number of nitrogen functional groups attached to an aromatic ring is 1. The van der Waals surface area contributed by atoms with E-state index in [0.717, 1.165) is 4.88 Å². The Morgan fingerprint density at radius 2 is 2.27 bits per heavy atom. The van der Waals surface area contributed by atoms with E-state index in [1.54, 1.807) is 29.7 Å². The molecule has 0 aliphatic carbocycles. The van der Waals surface area contributed by atoms with Gasteiger partial charge in [-0.25, -0.2) is 4.98 Å². The molecule has 0 aliphatic rings. The largest absolute Gasteiger partial charge is 0.383 e. The van der Waals surface area contributed by atoms with Crippen molar-refractivity contribution in [3.05, 3.63) is 46.3 Å². The Bertz CT molecular complexity index is 465. The summed E-state index contributed by atoms with van der Waals surface area (Å²) in [5.41, 5.74) is 6.13. The summed E-state index contributed by atoms with van der Waals surface area (Å²) in [5.74, 6) is 0.321. The molecule has 0 unspecified atom stereocenters. The fourth-order valence-electron chi connectivity index (χ4n) is 1.32. The van der Waals surface area contributed by atoms with Crippen LogP contribution in [0.3, 0.4) is 0 Å². The molecule has 0 aliphatic heterocycles. The van der Waals surface area contributed by atoms with Crippen LogP contribution < -0.4 is 5.73 Å². The highest BCUT2D eigenvalue weighted by atomic mass is 32.1. The summed E-state index contributed by atoms with van der Waals surface area (Å²) in [6.07, 6.45) is 1.98. The quantitative estimate of drug-likeness (QED) is 0.803. The molecule has 2 rings (SSSR count). The Labute approximate surface area is 91.6 Å². The highest BCUT2D eigenvalue weighted by Crippen LogP contribution is 2.15. The highest BCUT2D eigenvalue weighted by molar-refractivity contribution is 7.10. The normalized spacial score (nSPS) is 10.1. The number of aromatic nitrogens is 1. The van der Waals surface area contributed by atoms with Crippen LogP contribution in [0.2, 0.25) is 0 Å². The lowest BCUT2D eigenvalue weighted by molar-refractivity contribution is 0.0994. The fourth-order valence-corrected chi connectivity index (χ4v) is 2.02. The SMILES string of the molecule is Nc1ncccc1C(=O)Cc1cccs1. The lowest BCUT2D eigenvalue weighted by Gasteiger charge is -2.01. The molecule has 2 aromatic heterocycles. The molecule has 2 N–H and O–H groups in total. The summed E-state index contributed by atoms with van der Waals surface area (Å²) in [7, 11) is 0. The first-order valence-corrected chi connectivity index (χ1v) is 5.41. The first-order valence-electron chi connectivity index (χ1n) is 4.53. The molecule has 0 atom stereocenters. The number of carbonyl (C=O) groups excluding carboxylic acids is 1. The maximum Gasteiger partial charge on any atom is 0.171 e. The van der Waals surface area contributed by atoms with Gasteiger partial charge in [-0.2, -0.15) is 0 Å². The van der Waals surface area contributed by atoms with Crippen LogP contribution >= 0.6 is 11.3 Å². The number of Topliss-reactive ketones (excluding diaryl/α,β-unsaturated/α-hetero) is 1. The zero-order valence-corrected chi connectivity index (χ0v) is 8.83. The molecular weight excluding hydrogens is 208 g/mol. The third-order valence-corrected chi connectivity index (χ3v) is 2.93. The molecule has 0 saturated heterocycles. The molecule has 3 nitrogen and oxygen atoms in total. The van der Waals surface area contributed by atoms with Gasteiger partial charge in [0.1, 0.15) is 5.82 Å². The minimum Gasteiger partial charge on any atom is -0.383 e. The van der Waals surface area contributed by atoms with Crippen molar-refractivity contribution < 1.29 is 4.79 Å². The van der Waals surface area contributed by atoms with Crippen LogP contribution in [0.15, 0.2) is 35.8 Å². The summed E-state index contributed by atoms with van der Waals surface area (Å²) < 4.78 is 0. The van der Waals surface area contributed by atoms with E-state index in [1.807, 2.05) is 17.5 Å². The molecule has 0 amide bonds. The van der Waals surface area contributed by atoms with E-state index in [0.29, 0.717) is 17.8 Å². The molecule has 0 aromatic carbocycles. The van der Waals surface area contributed by atoms with Gasteiger partial charge in [-0.1, -0.05) is 6.07 Å². The molecule has 0 radical (unpaired) electrons. The number of ketones is 1.